The molecule has 1 unspecified atom stereocenters. The van der Waals surface area contributed by atoms with Crippen LogP contribution in [0.25, 0.3) is 0 Å². The highest BCUT2D eigenvalue weighted by atomic mass is 79.9. The minimum absolute atomic E-state index is 0.583. The molecule has 0 aromatic heterocycles. The molecule has 1 aliphatic heterocycles. The van der Waals surface area contributed by atoms with Crippen LogP contribution in [-0.2, 0) is 0 Å². The summed E-state index contributed by atoms with van der Waals surface area (Å²) in [6.07, 6.45) is 0.253. The normalized spacial score (nSPS) is 25.9. The quantitative estimate of drug-likeness (QED) is 0.462. The molecule has 5 heteroatoms. The van der Waals surface area contributed by atoms with Crippen LogP contribution in [0, 0.1) is 0 Å². The molecule has 52 valence electrons. The van der Waals surface area contributed by atoms with Gasteiger partial charge in [-0.05, 0) is 6.92 Å². The molecule has 3 nitrogen and oxygen atoms in total. The van der Waals surface area contributed by atoms with Gasteiger partial charge in [-0.15, -0.1) is 0 Å². The second-order valence-corrected chi connectivity index (χ2v) is 2.46. The van der Waals surface area contributed by atoms with E-state index in [-0.39, 0.29) is 0 Å². The summed E-state index contributed by atoms with van der Waals surface area (Å²) in [4.78, 5) is 0. The van der Waals surface area contributed by atoms with Crippen LogP contribution >= 0.6 is 16.1 Å². The Labute approximate surface area is 61.5 Å². The molecule has 0 amide bonds. The Morgan fingerprint density at radius 2 is 2.56 bits per heavy atom. The van der Waals surface area contributed by atoms with E-state index in [1.807, 2.05) is 6.92 Å². The molecule has 1 heterocycles. The summed E-state index contributed by atoms with van der Waals surface area (Å²) in [5, 5.41) is 5.06. The van der Waals surface area contributed by atoms with Crippen molar-refractivity contribution in [1.82, 2.24) is 8.93 Å². The zero-order chi connectivity index (χ0) is 6.85. The Kier molecular flexibility index (Phi) is 1.90. The number of hydrazone groups is 1. The fraction of sp³-hybridized carbons (Fsp3) is 0.750. The molecule has 0 fully saturated rings. The summed E-state index contributed by atoms with van der Waals surface area (Å²) in [6.45, 7) is 2.43. The SMILES string of the molecule is CCN1N=CN(Br)C1F. The molecule has 1 atom stereocenters. The van der Waals surface area contributed by atoms with Gasteiger partial charge in [-0.1, -0.05) is 0 Å². The van der Waals surface area contributed by atoms with Crippen LogP contribution in [0.15, 0.2) is 5.10 Å². The first kappa shape index (κ1) is 6.80. The van der Waals surface area contributed by atoms with Crippen molar-refractivity contribution in [1.29, 1.82) is 0 Å². The Morgan fingerprint density at radius 3 is 2.78 bits per heavy atom. The number of nitrogens with zero attached hydrogens (tertiary/aromatic N) is 3. The summed E-state index contributed by atoms with van der Waals surface area (Å²) in [6, 6.07) is 0. The van der Waals surface area contributed by atoms with Crippen LogP contribution in [0.2, 0.25) is 0 Å². The minimum Gasteiger partial charge on any atom is -0.246 e. The Morgan fingerprint density at radius 1 is 1.89 bits per heavy atom. The van der Waals surface area contributed by atoms with E-state index in [0.29, 0.717) is 6.54 Å². The third-order valence-electron chi connectivity index (χ3n) is 1.08. The van der Waals surface area contributed by atoms with E-state index in [1.54, 1.807) is 0 Å². The van der Waals surface area contributed by atoms with Crippen molar-refractivity contribution in [3.05, 3.63) is 0 Å². The lowest BCUT2D eigenvalue weighted by Crippen LogP contribution is -2.29. The minimum atomic E-state index is -1.14. The lowest BCUT2D eigenvalue weighted by atomic mass is 10.7. The Balaban J connectivity index is 2.51. The summed E-state index contributed by atoms with van der Waals surface area (Å²) in [5.74, 6) is 0. The summed E-state index contributed by atoms with van der Waals surface area (Å²) < 4.78 is 13.9. The smallest absolute Gasteiger partial charge is 0.246 e. The highest BCUT2D eigenvalue weighted by molar-refractivity contribution is 9.07. The van der Waals surface area contributed by atoms with Crippen LogP contribution in [0.3, 0.4) is 0 Å². The molecule has 0 saturated carbocycles. The van der Waals surface area contributed by atoms with Gasteiger partial charge in [0.05, 0.1) is 16.1 Å². The zero-order valence-corrected chi connectivity index (χ0v) is 6.55. The van der Waals surface area contributed by atoms with Gasteiger partial charge in [0.1, 0.15) is 6.34 Å². The summed E-state index contributed by atoms with van der Waals surface area (Å²) in [7, 11) is 0. The van der Waals surface area contributed by atoms with Crippen molar-refractivity contribution in [3.8, 4) is 0 Å². The van der Waals surface area contributed by atoms with Crippen molar-refractivity contribution < 1.29 is 4.39 Å². The van der Waals surface area contributed by atoms with Gasteiger partial charge < -0.3 is 0 Å². The maximum Gasteiger partial charge on any atom is 0.274 e. The number of rotatable bonds is 1. The topological polar surface area (TPSA) is 18.8 Å². The average molecular weight is 196 g/mol. The number of hydrogen-bond acceptors (Lipinski definition) is 3. The standard InChI is InChI=1S/C4H7BrFN3/c1-2-9-4(6)8(5)3-7-9/h3-4H,2H2,1H3. The van der Waals surface area contributed by atoms with Crippen LogP contribution < -0.4 is 0 Å². The number of halogens is 2. The van der Waals surface area contributed by atoms with Crippen molar-refractivity contribution in [2.45, 2.75) is 13.3 Å². The summed E-state index contributed by atoms with van der Waals surface area (Å²) in [5.41, 5.74) is 0. The van der Waals surface area contributed by atoms with E-state index in [0.717, 1.165) is 0 Å². The van der Waals surface area contributed by atoms with Gasteiger partial charge in [-0.2, -0.15) is 9.49 Å². The second kappa shape index (κ2) is 2.51. The molecule has 9 heavy (non-hydrogen) atoms. The maximum atomic E-state index is 12.7. The van der Waals surface area contributed by atoms with Gasteiger partial charge in [0.2, 0.25) is 0 Å². The first-order chi connectivity index (χ1) is 4.25. The van der Waals surface area contributed by atoms with E-state index in [4.69, 9.17) is 0 Å². The lowest BCUT2D eigenvalue weighted by Gasteiger charge is -2.16. The van der Waals surface area contributed by atoms with Crippen molar-refractivity contribution in [3.63, 3.8) is 0 Å². The largest absolute Gasteiger partial charge is 0.274 e. The lowest BCUT2D eigenvalue weighted by molar-refractivity contribution is 0.0635. The second-order valence-electron chi connectivity index (χ2n) is 1.64. The Hall–Kier alpha value is -0.320. The van der Waals surface area contributed by atoms with Gasteiger partial charge in [0.25, 0.3) is 6.42 Å². The fourth-order valence-electron chi connectivity index (χ4n) is 0.585. The van der Waals surface area contributed by atoms with Crippen LogP contribution in [0.4, 0.5) is 4.39 Å². The molecule has 0 aromatic rings. The third-order valence-corrected chi connectivity index (χ3v) is 1.60. The first-order valence-electron chi connectivity index (χ1n) is 2.64. The molecular formula is C4H7BrFN3. The Bertz CT molecular complexity index is 129. The maximum absolute atomic E-state index is 12.7. The third kappa shape index (κ3) is 1.15. The van der Waals surface area contributed by atoms with E-state index in [9.17, 15) is 4.39 Å². The van der Waals surface area contributed by atoms with Gasteiger partial charge in [-0.25, -0.2) is 8.93 Å². The highest BCUT2D eigenvalue weighted by Gasteiger charge is 2.23. The predicted octanol–water partition coefficient (Wildman–Crippen LogP) is 1.13. The van der Waals surface area contributed by atoms with Crippen LogP contribution in [0.1, 0.15) is 6.92 Å². The molecule has 1 rings (SSSR count). The van der Waals surface area contributed by atoms with Gasteiger partial charge in [0.15, 0.2) is 0 Å². The monoisotopic (exact) mass is 195 g/mol. The zero-order valence-electron chi connectivity index (χ0n) is 4.96. The van der Waals surface area contributed by atoms with Crippen molar-refractivity contribution >= 4 is 22.5 Å². The van der Waals surface area contributed by atoms with Crippen LogP contribution in [-0.4, -0.2) is 28.2 Å². The molecule has 0 radical (unpaired) electrons. The molecule has 0 aliphatic carbocycles. The van der Waals surface area contributed by atoms with Crippen molar-refractivity contribution in [2.24, 2.45) is 5.10 Å². The van der Waals surface area contributed by atoms with Gasteiger partial charge in [0, 0.05) is 6.54 Å². The number of hydrogen-bond donors (Lipinski definition) is 0. The van der Waals surface area contributed by atoms with Crippen LogP contribution in [0.5, 0.6) is 0 Å². The molecule has 0 saturated heterocycles. The van der Waals surface area contributed by atoms with Crippen molar-refractivity contribution in [2.75, 3.05) is 6.54 Å². The molecule has 0 spiro atoms. The summed E-state index contributed by atoms with van der Waals surface area (Å²) >= 11 is 2.95. The molecule has 0 bridgehead atoms. The molecule has 0 aromatic carbocycles. The fourth-order valence-corrected chi connectivity index (χ4v) is 0.879. The molecule has 0 N–H and O–H groups in total. The number of alkyl halides is 1. The van der Waals surface area contributed by atoms with E-state index >= 15 is 0 Å². The highest BCUT2D eigenvalue weighted by Crippen LogP contribution is 2.15. The van der Waals surface area contributed by atoms with Gasteiger partial charge >= 0.3 is 0 Å². The van der Waals surface area contributed by atoms with E-state index in [1.165, 1.54) is 15.3 Å². The first-order valence-corrected chi connectivity index (χ1v) is 3.35. The molecular weight excluding hydrogens is 189 g/mol. The average Bonchev–Trinajstić information content (AvgIpc) is 2.15. The van der Waals surface area contributed by atoms with Gasteiger partial charge in [-0.3, -0.25) is 0 Å². The molecule has 1 aliphatic rings. The van der Waals surface area contributed by atoms with E-state index < -0.39 is 6.42 Å². The predicted molar refractivity (Wildman–Crippen MR) is 36.5 cm³/mol. The van der Waals surface area contributed by atoms with E-state index in [2.05, 4.69) is 21.2 Å².